The number of nitrogens with one attached hydrogen (secondary N) is 1. The summed E-state index contributed by atoms with van der Waals surface area (Å²) in [6.07, 6.45) is 6.40. The van der Waals surface area contributed by atoms with E-state index >= 15 is 0 Å². The first-order chi connectivity index (χ1) is 14.9. The predicted molar refractivity (Wildman–Crippen MR) is 118 cm³/mol. The van der Waals surface area contributed by atoms with Crippen LogP contribution in [-0.2, 0) is 19.4 Å². The van der Waals surface area contributed by atoms with Crippen molar-refractivity contribution >= 4 is 17.4 Å². The van der Waals surface area contributed by atoms with Crippen LogP contribution in [0.25, 0.3) is 5.00 Å². The molecule has 0 radical (unpaired) electrons. The fourth-order valence-corrected chi connectivity index (χ4v) is 6.20. The molecule has 3 heterocycles. The van der Waals surface area contributed by atoms with Gasteiger partial charge in [0, 0.05) is 28.7 Å². The molecule has 2 aromatic heterocycles. The van der Waals surface area contributed by atoms with Gasteiger partial charge in [0.15, 0.2) is 0 Å². The highest BCUT2D eigenvalue weighted by atomic mass is 32.1. The Balaban J connectivity index is 1.72. The molecule has 0 saturated heterocycles. The van der Waals surface area contributed by atoms with Crippen molar-refractivity contribution < 1.29 is 13.6 Å². The lowest BCUT2D eigenvalue weighted by Crippen LogP contribution is -2.44. The van der Waals surface area contributed by atoms with Gasteiger partial charge in [0.2, 0.25) is 0 Å². The number of urea groups is 1. The molecule has 2 amide bonds. The number of thiophene rings is 1. The van der Waals surface area contributed by atoms with Crippen LogP contribution < -0.4 is 5.32 Å². The lowest BCUT2D eigenvalue weighted by Gasteiger charge is -2.32. The fourth-order valence-electron chi connectivity index (χ4n) is 4.80. The molecular weight excluding hydrogens is 416 g/mol. The Hall–Kier alpha value is -2.67. The van der Waals surface area contributed by atoms with Gasteiger partial charge in [0.05, 0.1) is 12.2 Å². The summed E-state index contributed by atoms with van der Waals surface area (Å²) in [4.78, 5) is 16.5. The predicted octanol–water partition coefficient (Wildman–Crippen LogP) is 5.72. The molecule has 7 heteroatoms. The number of hydrogen-bond acceptors (Lipinski definition) is 2. The summed E-state index contributed by atoms with van der Waals surface area (Å²) in [5.74, 6) is -1.29. The monoisotopic (exact) mass is 441 g/mol. The lowest BCUT2D eigenvalue weighted by molar-refractivity contribution is 0.177. The molecule has 0 unspecified atom stereocenters. The first kappa shape index (κ1) is 20.2. The van der Waals surface area contributed by atoms with E-state index in [4.69, 9.17) is 0 Å². The highest BCUT2D eigenvalue weighted by Crippen LogP contribution is 2.44. The van der Waals surface area contributed by atoms with E-state index in [0.29, 0.717) is 12.1 Å². The maximum Gasteiger partial charge on any atom is 0.318 e. The molecular formula is C24H25F2N3OS. The Kier molecular flexibility index (Phi) is 5.08. The van der Waals surface area contributed by atoms with E-state index in [0.717, 1.165) is 41.6 Å². The molecule has 1 atom stereocenters. The number of aromatic nitrogens is 1. The molecule has 0 fully saturated rings. The van der Waals surface area contributed by atoms with E-state index in [1.54, 1.807) is 16.2 Å². The topological polar surface area (TPSA) is 37.3 Å². The minimum absolute atomic E-state index is 0.0525. The Morgan fingerprint density at radius 2 is 1.87 bits per heavy atom. The number of nitrogens with zero attached hydrogens (tertiary/aromatic N) is 2. The molecule has 0 spiro atoms. The van der Waals surface area contributed by atoms with Crippen molar-refractivity contribution in [3.05, 3.63) is 75.4 Å². The first-order valence-electron chi connectivity index (χ1n) is 10.8. The van der Waals surface area contributed by atoms with Gasteiger partial charge in [-0.2, -0.15) is 0 Å². The molecule has 1 aliphatic carbocycles. The number of carbonyl (C=O) groups excluding carboxylic acids is 1. The van der Waals surface area contributed by atoms with E-state index in [2.05, 4.69) is 9.88 Å². The van der Waals surface area contributed by atoms with Crippen molar-refractivity contribution in [1.82, 2.24) is 14.8 Å². The second kappa shape index (κ2) is 7.79. The molecule has 0 bridgehead atoms. The average molecular weight is 442 g/mol. The van der Waals surface area contributed by atoms with Crippen LogP contribution in [0.5, 0.6) is 0 Å². The summed E-state index contributed by atoms with van der Waals surface area (Å²) >= 11 is 1.79. The van der Waals surface area contributed by atoms with Crippen LogP contribution in [0, 0.1) is 11.6 Å². The highest BCUT2D eigenvalue weighted by Gasteiger charge is 2.36. The molecule has 2 aliphatic rings. The van der Waals surface area contributed by atoms with Gasteiger partial charge >= 0.3 is 6.03 Å². The smallest absolute Gasteiger partial charge is 0.318 e. The molecule has 1 aliphatic heterocycles. The number of halogens is 2. The number of amides is 2. The van der Waals surface area contributed by atoms with Crippen LogP contribution in [-0.4, -0.2) is 21.5 Å². The van der Waals surface area contributed by atoms with Gasteiger partial charge in [-0.05, 0) is 74.9 Å². The van der Waals surface area contributed by atoms with Crippen LogP contribution in [0.2, 0.25) is 0 Å². The maximum absolute atomic E-state index is 14.2. The number of carbonyl (C=O) groups is 1. The summed E-state index contributed by atoms with van der Waals surface area (Å²) in [5, 5.41) is 4.11. The second-order valence-electron chi connectivity index (χ2n) is 8.64. The quantitative estimate of drug-likeness (QED) is 0.543. The van der Waals surface area contributed by atoms with Crippen LogP contribution in [0.4, 0.5) is 13.6 Å². The third-order valence-electron chi connectivity index (χ3n) is 6.05. The summed E-state index contributed by atoms with van der Waals surface area (Å²) < 4.78 is 30.5. The van der Waals surface area contributed by atoms with Gasteiger partial charge in [-0.3, -0.25) is 0 Å². The van der Waals surface area contributed by atoms with Gasteiger partial charge in [0.1, 0.15) is 22.7 Å². The SMILES string of the molecule is CC(C)NC(=O)N1Cc2c(sc3c2CCCC3)-n2cccc2[C@@H]1c1cc(F)cc(F)c1. The number of benzene rings is 1. The Morgan fingerprint density at radius 1 is 1.13 bits per heavy atom. The van der Waals surface area contributed by atoms with E-state index in [1.165, 1.54) is 29.0 Å². The fraction of sp³-hybridized carbons (Fsp3) is 0.375. The highest BCUT2D eigenvalue weighted by molar-refractivity contribution is 7.15. The number of hydrogen-bond donors (Lipinski definition) is 1. The van der Waals surface area contributed by atoms with Gasteiger partial charge < -0.3 is 14.8 Å². The molecule has 0 saturated carbocycles. The van der Waals surface area contributed by atoms with Gasteiger partial charge in [-0.15, -0.1) is 11.3 Å². The molecule has 5 rings (SSSR count). The standard InChI is InChI=1S/C24H25F2N3OS/c1-14(2)27-24(30)29-13-19-18-6-3-4-8-21(18)31-23(19)28-9-5-7-20(28)22(29)15-10-16(25)12-17(26)11-15/h5,7,9-12,14,22H,3-4,6,8,13H2,1-2H3,(H,27,30)/t22-/m0/s1. The van der Waals surface area contributed by atoms with E-state index in [-0.39, 0.29) is 12.1 Å². The zero-order valence-electron chi connectivity index (χ0n) is 17.6. The van der Waals surface area contributed by atoms with E-state index in [9.17, 15) is 13.6 Å². The van der Waals surface area contributed by atoms with E-state index < -0.39 is 17.7 Å². The van der Waals surface area contributed by atoms with Crippen molar-refractivity contribution in [2.45, 2.75) is 58.2 Å². The first-order valence-corrected chi connectivity index (χ1v) is 11.6. The Labute approximate surface area is 184 Å². The van der Waals surface area contributed by atoms with Crippen molar-refractivity contribution in [3.8, 4) is 5.00 Å². The number of aryl methyl sites for hydroxylation is 1. The minimum Gasteiger partial charge on any atom is -0.336 e. The third-order valence-corrected chi connectivity index (χ3v) is 7.39. The molecule has 1 aromatic carbocycles. The molecule has 4 nitrogen and oxygen atoms in total. The van der Waals surface area contributed by atoms with Crippen LogP contribution >= 0.6 is 11.3 Å². The summed E-state index contributed by atoms with van der Waals surface area (Å²) in [7, 11) is 0. The summed E-state index contributed by atoms with van der Waals surface area (Å²) in [5.41, 5.74) is 3.77. The maximum atomic E-state index is 14.2. The molecule has 1 N–H and O–H groups in total. The average Bonchev–Trinajstić information content (AvgIpc) is 3.28. The third kappa shape index (κ3) is 3.55. The lowest BCUT2D eigenvalue weighted by atomic mass is 9.95. The summed E-state index contributed by atoms with van der Waals surface area (Å²) in [6, 6.07) is 6.51. The van der Waals surface area contributed by atoms with Crippen molar-refractivity contribution in [3.63, 3.8) is 0 Å². The Bertz CT molecular complexity index is 1130. The largest absolute Gasteiger partial charge is 0.336 e. The molecule has 31 heavy (non-hydrogen) atoms. The summed E-state index contributed by atoms with van der Waals surface area (Å²) in [6.45, 7) is 4.23. The second-order valence-corrected chi connectivity index (χ2v) is 9.72. The van der Waals surface area contributed by atoms with Crippen molar-refractivity contribution in [2.75, 3.05) is 0 Å². The van der Waals surface area contributed by atoms with Crippen molar-refractivity contribution in [2.24, 2.45) is 0 Å². The minimum atomic E-state index is -0.645. The number of rotatable bonds is 2. The number of fused-ring (bicyclic) bond motifs is 5. The van der Waals surface area contributed by atoms with Gasteiger partial charge in [0.25, 0.3) is 0 Å². The van der Waals surface area contributed by atoms with E-state index in [1.807, 2.05) is 32.2 Å². The van der Waals surface area contributed by atoms with Crippen molar-refractivity contribution in [1.29, 1.82) is 0 Å². The van der Waals surface area contributed by atoms with Gasteiger partial charge in [-0.1, -0.05) is 0 Å². The van der Waals surface area contributed by atoms with Gasteiger partial charge in [-0.25, -0.2) is 13.6 Å². The normalized spacial score (nSPS) is 17.7. The molecule has 3 aromatic rings. The van der Waals surface area contributed by atoms with Crippen LogP contribution in [0.3, 0.4) is 0 Å². The van der Waals surface area contributed by atoms with Crippen LogP contribution in [0.1, 0.15) is 60.0 Å². The Morgan fingerprint density at radius 3 is 2.61 bits per heavy atom. The zero-order valence-corrected chi connectivity index (χ0v) is 18.4. The zero-order chi connectivity index (χ0) is 21.7. The van der Waals surface area contributed by atoms with Crippen LogP contribution in [0.15, 0.2) is 36.5 Å². The molecule has 162 valence electrons.